The predicted molar refractivity (Wildman–Crippen MR) is 101 cm³/mol. The van der Waals surface area contributed by atoms with E-state index in [-0.39, 0.29) is 5.91 Å². The number of rotatable bonds is 3. The molecule has 4 rings (SSSR count). The van der Waals surface area contributed by atoms with E-state index in [9.17, 15) is 4.79 Å². The van der Waals surface area contributed by atoms with Crippen LogP contribution in [0, 0.1) is 6.92 Å². The van der Waals surface area contributed by atoms with E-state index >= 15 is 0 Å². The van der Waals surface area contributed by atoms with Crippen molar-refractivity contribution in [3.8, 4) is 0 Å². The number of carbonyl (C=O) groups is 1. The van der Waals surface area contributed by atoms with E-state index < -0.39 is 0 Å². The van der Waals surface area contributed by atoms with Gasteiger partial charge < -0.3 is 9.80 Å². The van der Waals surface area contributed by atoms with Crippen LogP contribution in [0.2, 0.25) is 0 Å². The molecule has 1 aliphatic rings. The molecular formula is C20H21N5O. The van der Waals surface area contributed by atoms with E-state index in [2.05, 4.69) is 25.9 Å². The number of hydrogen-bond donors (Lipinski definition) is 0. The highest BCUT2D eigenvalue weighted by molar-refractivity contribution is 5.90. The van der Waals surface area contributed by atoms with Crippen LogP contribution in [-0.2, 0) is 11.2 Å². The van der Waals surface area contributed by atoms with E-state index in [1.54, 1.807) is 12.4 Å². The van der Waals surface area contributed by atoms with Gasteiger partial charge in [0.25, 0.3) is 0 Å². The Hall–Kier alpha value is -3.02. The number of anilines is 1. The number of aromatic nitrogens is 3. The molecule has 1 aliphatic heterocycles. The van der Waals surface area contributed by atoms with Crippen molar-refractivity contribution in [1.82, 2.24) is 19.9 Å². The lowest BCUT2D eigenvalue weighted by Crippen LogP contribution is -2.49. The number of nitrogens with zero attached hydrogens (tertiary/aromatic N) is 5. The minimum Gasteiger partial charge on any atom is -0.339 e. The van der Waals surface area contributed by atoms with Crippen LogP contribution < -0.4 is 4.90 Å². The highest BCUT2D eigenvalue weighted by Crippen LogP contribution is 2.21. The minimum atomic E-state index is 0.125. The van der Waals surface area contributed by atoms with Crippen molar-refractivity contribution in [1.29, 1.82) is 0 Å². The normalized spacial score (nSPS) is 14.7. The summed E-state index contributed by atoms with van der Waals surface area (Å²) in [4.78, 5) is 29.9. The summed E-state index contributed by atoms with van der Waals surface area (Å²) in [5, 5.41) is 2.23. The molecular weight excluding hydrogens is 326 g/mol. The van der Waals surface area contributed by atoms with Crippen LogP contribution in [-0.4, -0.2) is 51.9 Å². The second-order valence-electron chi connectivity index (χ2n) is 6.53. The number of aryl methyl sites for hydroxylation is 1. The van der Waals surface area contributed by atoms with Crippen molar-refractivity contribution in [3.63, 3.8) is 0 Å². The lowest BCUT2D eigenvalue weighted by molar-refractivity contribution is -0.130. The van der Waals surface area contributed by atoms with Crippen molar-refractivity contribution >= 4 is 22.6 Å². The molecule has 2 aromatic heterocycles. The average molecular weight is 347 g/mol. The quantitative estimate of drug-likeness (QED) is 0.727. The van der Waals surface area contributed by atoms with Gasteiger partial charge >= 0.3 is 0 Å². The van der Waals surface area contributed by atoms with Crippen LogP contribution in [0.1, 0.15) is 11.3 Å². The van der Waals surface area contributed by atoms with Crippen LogP contribution >= 0.6 is 0 Å². The van der Waals surface area contributed by atoms with Crippen molar-refractivity contribution in [2.24, 2.45) is 0 Å². The molecule has 0 bridgehead atoms. The lowest BCUT2D eigenvalue weighted by atomic mass is 10.0. The van der Waals surface area contributed by atoms with Gasteiger partial charge in [-0.15, -0.1) is 0 Å². The second kappa shape index (κ2) is 7.07. The van der Waals surface area contributed by atoms with E-state index in [0.29, 0.717) is 19.5 Å². The number of pyridine rings is 1. The fraction of sp³-hybridized carbons (Fsp3) is 0.300. The smallest absolute Gasteiger partial charge is 0.228 e. The molecule has 0 aliphatic carbocycles. The molecule has 132 valence electrons. The zero-order valence-corrected chi connectivity index (χ0v) is 14.8. The number of benzene rings is 1. The van der Waals surface area contributed by atoms with Gasteiger partial charge in [-0.25, -0.2) is 9.97 Å². The van der Waals surface area contributed by atoms with Crippen LogP contribution in [0.5, 0.6) is 0 Å². The van der Waals surface area contributed by atoms with Gasteiger partial charge in [0, 0.05) is 50.2 Å². The largest absolute Gasteiger partial charge is 0.339 e. The summed E-state index contributed by atoms with van der Waals surface area (Å²) in [6, 6.07) is 9.95. The molecule has 6 nitrogen and oxygen atoms in total. The molecule has 1 amide bonds. The van der Waals surface area contributed by atoms with Gasteiger partial charge in [-0.05, 0) is 23.9 Å². The monoisotopic (exact) mass is 347 g/mol. The zero-order valence-electron chi connectivity index (χ0n) is 14.8. The summed E-state index contributed by atoms with van der Waals surface area (Å²) in [5.41, 5.74) is 1.98. The van der Waals surface area contributed by atoms with Crippen molar-refractivity contribution in [2.75, 3.05) is 31.1 Å². The maximum Gasteiger partial charge on any atom is 0.228 e. The van der Waals surface area contributed by atoms with E-state index in [4.69, 9.17) is 0 Å². The molecule has 0 atom stereocenters. The number of carbonyl (C=O) groups excluding carboxylic acids is 1. The minimum absolute atomic E-state index is 0.125. The molecule has 0 N–H and O–H groups in total. The Morgan fingerprint density at radius 1 is 0.962 bits per heavy atom. The fourth-order valence-electron chi connectivity index (χ4n) is 3.40. The standard InChI is InChI=1S/C20H21N5O/c1-15-14-23-18(17-6-3-2-5-16(15)17)13-19(26)24-9-11-25(12-10-24)20-21-7-4-8-22-20/h2-8,14H,9-13H2,1H3. The Bertz CT molecular complexity index is 920. The molecule has 1 saturated heterocycles. The molecule has 0 unspecified atom stereocenters. The SMILES string of the molecule is Cc1cnc(CC(=O)N2CCN(c3ncccn3)CC2)c2ccccc12. The number of amides is 1. The van der Waals surface area contributed by atoms with E-state index in [0.717, 1.165) is 41.1 Å². The lowest BCUT2D eigenvalue weighted by Gasteiger charge is -2.34. The molecule has 0 saturated carbocycles. The van der Waals surface area contributed by atoms with Gasteiger partial charge in [-0.3, -0.25) is 9.78 Å². The molecule has 3 heterocycles. The first kappa shape index (κ1) is 16.4. The molecule has 0 spiro atoms. The van der Waals surface area contributed by atoms with E-state index in [1.807, 2.05) is 42.3 Å². The topological polar surface area (TPSA) is 62.2 Å². The van der Waals surface area contributed by atoms with Gasteiger partial charge in [0.15, 0.2) is 0 Å². The summed E-state index contributed by atoms with van der Waals surface area (Å²) in [5.74, 6) is 0.853. The Labute approximate surface area is 152 Å². The molecule has 0 radical (unpaired) electrons. The van der Waals surface area contributed by atoms with Crippen LogP contribution in [0.3, 0.4) is 0 Å². The van der Waals surface area contributed by atoms with Gasteiger partial charge in [-0.1, -0.05) is 24.3 Å². The molecule has 26 heavy (non-hydrogen) atoms. The maximum absolute atomic E-state index is 12.8. The van der Waals surface area contributed by atoms with Crippen LogP contribution in [0.4, 0.5) is 5.95 Å². The Kier molecular flexibility index (Phi) is 4.48. The van der Waals surface area contributed by atoms with Crippen LogP contribution in [0.25, 0.3) is 10.8 Å². The third kappa shape index (κ3) is 3.22. The average Bonchev–Trinajstić information content (AvgIpc) is 2.71. The van der Waals surface area contributed by atoms with Gasteiger partial charge in [-0.2, -0.15) is 0 Å². The summed E-state index contributed by atoms with van der Waals surface area (Å²) in [7, 11) is 0. The first-order chi connectivity index (χ1) is 12.7. The maximum atomic E-state index is 12.8. The zero-order chi connectivity index (χ0) is 17.9. The van der Waals surface area contributed by atoms with Crippen molar-refractivity contribution in [3.05, 3.63) is 60.2 Å². The Balaban J connectivity index is 1.45. The molecule has 3 aromatic rings. The van der Waals surface area contributed by atoms with Gasteiger partial charge in [0.2, 0.25) is 11.9 Å². The van der Waals surface area contributed by atoms with Crippen LogP contribution in [0.15, 0.2) is 48.9 Å². The van der Waals surface area contributed by atoms with E-state index in [1.165, 1.54) is 0 Å². The molecule has 1 fully saturated rings. The predicted octanol–water partition coefficient (Wildman–Crippen LogP) is 2.22. The first-order valence-electron chi connectivity index (χ1n) is 8.85. The Morgan fingerprint density at radius 2 is 1.65 bits per heavy atom. The summed E-state index contributed by atoms with van der Waals surface area (Å²) in [6.45, 7) is 4.91. The van der Waals surface area contributed by atoms with Crippen molar-refractivity contribution in [2.45, 2.75) is 13.3 Å². The van der Waals surface area contributed by atoms with Gasteiger partial charge in [0.05, 0.1) is 12.1 Å². The summed E-state index contributed by atoms with van der Waals surface area (Å²) < 4.78 is 0. The van der Waals surface area contributed by atoms with Gasteiger partial charge in [0.1, 0.15) is 0 Å². The first-order valence-corrected chi connectivity index (χ1v) is 8.85. The summed E-state index contributed by atoms with van der Waals surface area (Å²) >= 11 is 0. The third-order valence-corrected chi connectivity index (χ3v) is 4.86. The second-order valence-corrected chi connectivity index (χ2v) is 6.53. The number of piperazine rings is 1. The molecule has 6 heteroatoms. The summed E-state index contributed by atoms with van der Waals surface area (Å²) in [6.07, 6.45) is 5.68. The fourth-order valence-corrected chi connectivity index (χ4v) is 3.40. The number of fused-ring (bicyclic) bond motifs is 1. The highest BCUT2D eigenvalue weighted by Gasteiger charge is 2.23. The molecule has 1 aromatic carbocycles. The number of hydrogen-bond acceptors (Lipinski definition) is 5. The van der Waals surface area contributed by atoms with Crippen molar-refractivity contribution < 1.29 is 4.79 Å². The highest BCUT2D eigenvalue weighted by atomic mass is 16.2. The third-order valence-electron chi connectivity index (χ3n) is 4.86. The Morgan fingerprint density at radius 3 is 2.38 bits per heavy atom.